The van der Waals surface area contributed by atoms with Crippen LogP contribution in [0.2, 0.25) is 0 Å². The van der Waals surface area contributed by atoms with E-state index >= 15 is 0 Å². The zero-order valence-electron chi connectivity index (χ0n) is 8.47. The van der Waals surface area contributed by atoms with Crippen molar-refractivity contribution in [3.8, 4) is 0 Å². The van der Waals surface area contributed by atoms with Crippen LogP contribution in [0.5, 0.6) is 0 Å². The first kappa shape index (κ1) is 9.86. The zero-order chi connectivity index (χ0) is 10.1. The largest absolute Gasteiger partial charge is 0.393 e. The standard InChI is InChI=1S/C9H15N3OS/c1-6(13)8-3-4-12(5-8)9-10-7(2)11-14-9/h6,8,13H,3-5H2,1-2H3. The van der Waals surface area contributed by atoms with Gasteiger partial charge in [0, 0.05) is 30.5 Å². The molecule has 0 aromatic carbocycles. The van der Waals surface area contributed by atoms with E-state index in [1.807, 2.05) is 13.8 Å². The van der Waals surface area contributed by atoms with Crippen LogP contribution in [0.4, 0.5) is 5.13 Å². The second-order valence-corrected chi connectivity index (χ2v) is 4.59. The number of anilines is 1. The van der Waals surface area contributed by atoms with Crippen LogP contribution >= 0.6 is 11.5 Å². The molecule has 4 nitrogen and oxygen atoms in total. The SMILES string of the molecule is Cc1nsc(N2CCC(C(C)O)C2)n1. The van der Waals surface area contributed by atoms with E-state index in [4.69, 9.17) is 0 Å². The Labute approximate surface area is 87.8 Å². The molecule has 1 aromatic rings. The van der Waals surface area contributed by atoms with Crippen molar-refractivity contribution in [3.05, 3.63) is 5.82 Å². The third kappa shape index (κ3) is 1.88. The molecule has 1 aliphatic rings. The summed E-state index contributed by atoms with van der Waals surface area (Å²) in [6.07, 6.45) is 0.838. The molecule has 0 amide bonds. The molecule has 1 saturated heterocycles. The van der Waals surface area contributed by atoms with E-state index in [1.54, 1.807) is 0 Å². The van der Waals surface area contributed by atoms with Crippen LogP contribution in [0, 0.1) is 12.8 Å². The van der Waals surface area contributed by atoms with Gasteiger partial charge in [-0.15, -0.1) is 0 Å². The Bertz CT molecular complexity index is 313. The molecule has 5 heteroatoms. The smallest absolute Gasteiger partial charge is 0.205 e. The fourth-order valence-corrected chi connectivity index (χ4v) is 2.48. The maximum atomic E-state index is 9.46. The van der Waals surface area contributed by atoms with Crippen molar-refractivity contribution in [2.45, 2.75) is 26.4 Å². The van der Waals surface area contributed by atoms with Crippen LogP contribution < -0.4 is 4.90 Å². The molecule has 0 radical (unpaired) electrons. The van der Waals surface area contributed by atoms with Gasteiger partial charge in [-0.25, -0.2) is 4.98 Å². The van der Waals surface area contributed by atoms with Crippen LogP contribution in [-0.4, -0.2) is 33.7 Å². The minimum Gasteiger partial charge on any atom is -0.393 e. The summed E-state index contributed by atoms with van der Waals surface area (Å²) in [5, 5.41) is 10.5. The highest BCUT2D eigenvalue weighted by Gasteiger charge is 2.27. The number of aliphatic hydroxyl groups excluding tert-OH is 1. The van der Waals surface area contributed by atoms with Gasteiger partial charge < -0.3 is 10.0 Å². The lowest BCUT2D eigenvalue weighted by molar-refractivity contribution is 0.136. The van der Waals surface area contributed by atoms with Gasteiger partial charge in [-0.05, 0) is 20.3 Å². The third-order valence-electron chi connectivity index (χ3n) is 2.69. The normalized spacial score (nSPS) is 24.2. The lowest BCUT2D eigenvalue weighted by Crippen LogP contribution is -2.23. The van der Waals surface area contributed by atoms with Gasteiger partial charge in [0.1, 0.15) is 5.82 Å². The molecular weight excluding hydrogens is 198 g/mol. The quantitative estimate of drug-likeness (QED) is 0.798. The minimum absolute atomic E-state index is 0.214. The predicted molar refractivity (Wildman–Crippen MR) is 56.6 cm³/mol. The van der Waals surface area contributed by atoms with Crippen molar-refractivity contribution in [1.82, 2.24) is 9.36 Å². The second kappa shape index (κ2) is 3.82. The molecule has 2 unspecified atom stereocenters. The second-order valence-electron chi connectivity index (χ2n) is 3.86. The Morgan fingerprint density at radius 1 is 1.64 bits per heavy atom. The zero-order valence-corrected chi connectivity index (χ0v) is 9.29. The van der Waals surface area contributed by atoms with Crippen molar-refractivity contribution < 1.29 is 5.11 Å². The number of hydrogen-bond acceptors (Lipinski definition) is 5. The molecule has 2 rings (SSSR count). The maximum Gasteiger partial charge on any atom is 0.205 e. The summed E-state index contributed by atoms with van der Waals surface area (Å²) in [7, 11) is 0. The summed E-state index contributed by atoms with van der Waals surface area (Å²) in [6.45, 7) is 5.66. The molecule has 2 atom stereocenters. The van der Waals surface area contributed by atoms with Gasteiger partial charge in [0.05, 0.1) is 6.10 Å². The van der Waals surface area contributed by atoms with Crippen molar-refractivity contribution in [1.29, 1.82) is 0 Å². The summed E-state index contributed by atoms with van der Waals surface area (Å²) in [5.41, 5.74) is 0. The molecule has 1 N–H and O–H groups in total. The monoisotopic (exact) mass is 213 g/mol. The number of hydrogen-bond donors (Lipinski definition) is 1. The first-order valence-corrected chi connectivity index (χ1v) is 5.67. The van der Waals surface area contributed by atoms with Crippen LogP contribution in [0.1, 0.15) is 19.2 Å². The summed E-state index contributed by atoms with van der Waals surface area (Å²) in [5.74, 6) is 1.23. The highest BCUT2D eigenvalue weighted by molar-refractivity contribution is 7.09. The van der Waals surface area contributed by atoms with E-state index in [0.717, 1.165) is 30.5 Å². The van der Waals surface area contributed by atoms with E-state index in [1.165, 1.54) is 11.5 Å². The van der Waals surface area contributed by atoms with E-state index in [2.05, 4.69) is 14.3 Å². The van der Waals surface area contributed by atoms with E-state index in [-0.39, 0.29) is 6.10 Å². The summed E-state index contributed by atoms with van der Waals surface area (Å²) >= 11 is 1.44. The highest BCUT2D eigenvalue weighted by Crippen LogP contribution is 2.26. The molecule has 14 heavy (non-hydrogen) atoms. The van der Waals surface area contributed by atoms with Gasteiger partial charge >= 0.3 is 0 Å². The lowest BCUT2D eigenvalue weighted by Gasteiger charge is -2.15. The molecule has 78 valence electrons. The number of nitrogens with zero attached hydrogens (tertiary/aromatic N) is 3. The lowest BCUT2D eigenvalue weighted by atomic mass is 10.0. The van der Waals surface area contributed by atoms with Crippen molar-refractivity contribution >= 4 is 16.7 Å². The fraction of sp³-hybridized carbons (Fsp3) is 0.778. The molecule has 0 bridgehead atoms. The molecule has 1 aliphatic heterocycles. The molecule has 0 spiro atoms. The first-order valence-electron chi connectivity index (χ1n) is 4.90. The first-order chi connectivity index (χ1) is 6.66. The van der Waals surface area contributed by atoms with Crippen molar-refractivity contribution in [3.63, 3.8) is 0 Å². The Morgan fingerprint density at radius 3 is 2.93 bits per heavy atom. The number of rotatable bonds is 2. The summed E-state index contributed by atoms with van der Waals surface area (Å²) in [6, 6.07) is 0. The van der Waals surface area contributed by atoms with Gasteiger partial charge in [0.2, 0.25) is 5.13 Å². The average molecular weight is 213 g/mol. The van der Waals surface area contributed by atoms with Gasteiger partial charge in [-0.1, -0.05) is 0 Å². The molecule has 0 saturated carbocycles. The Hall–Kier alpha value is -0.680. The Balaban J connectivity index is 2.02. The third-order valence-corrected chi connectivity index (χ3v) is 3.56. The summed E-state index contributed by atoms with van der Waals surface area (Å²) < 4.78 is 4.16. The minimum atomic E-state index is -0.214. The number of aromatic nitrogens is 2. The predicted octanol–water partition coefficient (Wildman–Crippen LogP) is 1.05. The number of aryl methyl sites for hydroxylation is 1. The van der Waals surface area contributed by atoms with Crippen molar-refractivity contribution in [2.75, 3.05) is 18.0 Å². The Kier molecular flexibility index (Phi) is 2.69. The van der Waals surface area contributed by atoms with Crippen LogP contribution in [0.3, 0.4) is 0 Å². The molecule has 1 aromatic heterocycles. The van der Waals surface area contributed by atoms with Crippen LogP contribution in [0.15, 0.2) is 0 Å². The topological polar surface area (TPSA) is 49.2 Å². The van der Waals surface area contributed by atoms with Crippen LogP contribution in [0.25, 0.3) is 0 Å². The summed E-state index contributed by atoms with van der Waals surface area (Å²) in [4.78, 5) is 6.55. The maximum absolute atomic E-state index is 9.46. The average Bonchev–Trinajstić information content (AvgIpc) is 2.70. The molecule has 0 aliphatic carbocycles. The fourth-order valence-electron chi connectivity index (χ4n) is 1.77. The molecular formula is C9H15N3OS. The van der Waals surface area contributed by atoms with E-state index in [0.29, 0.717) is 5.92 Å². The van der Waals surface area contributed by atoms with Gasteiger partial charge in [-0.2, -0.15) is 4.37 Å². The highest BCUT2D eigenvalue weighted by atomic mass is 32.1. The molecule has 2 heterocycles. The molecule has 1 fully saturated rings. The van der Waals surface area contributed by atoms with Gasteiger partial charge in [0.15, 0.2) is 0 Å². The Morgan fingerprint density at radius 2 is 2.43 bits per heavy atom. The van der Waals surface area contributed by atoms with E-state index in [9.17, 15) is 5.11 Å². The number of aliphatic hydroxyl groups is 1. The van der Waals surface area contributed by atoms with Gasteiger partial charge in [0.25, 0.3) is 0 Å². The van der Waals surface area contributed by atoms with Crippen molar-refractivity contribution in [2.24, 2.45) is 5.92 Å². The van der Waals surface area contributed by atoms with Gasteiger partial charge in [-0.3, -0.25) is 0 Å². The van der Waals surface area contributed by atoms with Crippen LogP contribution in [-0.2, 0) is 0 Å². The van der Waals surface area contributed by atoms with E-state index < -0.39 is 0 Å².